The van der Waals surface area contributed by atoms with E-state index in [1.165, 1.54) is 16.7 Å². The number of ether oxygens (including phenoxy) is 1. The van der Waals surface area contributed by atoms with E-state index in [1.54, 1.807) is 6.92 Å². The highest BCUT2D eigenvalue weighted by Gasteiger charge is 2.24. The highest BCUT2D eigenvalue weighted by atomic mass is 35.5. The van der Waals surface area contributed by atoms with Gasteiger partial charge in [0.15, 0.2) is 11.6 Å². The van der Waals surface area contributed by atoms with Gasteiger partial charge in [0, 0.05) is 22.7 Å². The van der Waals surface area contributed by atoms with E-state index >= 15 is 0 Å². The number of phenols is 1. The van der Waals surface area contributed by atoms with Crippen LogP contribution in [0, 0.1) is 18.6 Å². The lowest BCUT2D eigenvalue weighted by Gasteiger charge is -2.08. The fraction of sp³-hybridized carbons (Fsp3) is 0.238. The van der Waals surface area contributed by atoms with Crippen molar-refractivity contribution in [1.29, 1.82) is 0 Å². The Labute approximate surface area is 170 Å². The molecule has 0 fully saturated rings. The minimum atomic E-state index is -0.925. The molecular weight excluding hydrogens is 404 g/mol. The molecule has 0 bridgehead atoms. The summed E-state index contributed by atoms with van der Waals surface area (Å²) in [5, 5.41) is 9.99. The minimum absolute atomic E-state index is 0.000456. The second-order valence-corrected chi connectivity index (χ2v) is 6.96. The third-order valence-electron chi connectivity index (χ3n) is 4.56. The van der Waals surface area contributed by atoms with Crippen molar-refractivity contribution in [3.8, 4) is 5.75 Å². The van der Waals surface area contributed by atoms with Crippen LogP contribution < -0.4 is 0 Å². The second kappa shape index (κ2) is 8.21. The summed E-state index contributed by atoms with van der Waals surface area (Å²) in [4.78, 5) is 25.2. The SMILES string of the molecule is CCCOC(=O)Cc1c(C)n(C(=O)c2ccc(Cl)c(F)c2)c2cc(F)c(O)cc12. The lowest BCUT2D eigenvalue weighted by atomic mass is 10.1. The summed E-state index contributed by atoms with van der Waals surface area (Å²) in [6, 6.07) is 5.75. The van der Waals surface area contributed by atoms with Crippen molar-refractivity contribution in [1.82, 2.24) is 4.57 Å². The molecule has 0 spiro atoms. The van der Waals surface area contributed by atoms with Gasteiger partial charge in [0.25, 0.3) is 5.91 Å². The molecule has 152 valence electrons. The Balaban J connectivity index is 2.17. The van der Waals surface area contributed by atoms with Crippen LogP contribution in [0.1, 0.15) is 35.0 Å². The number of nitrogens with zero attached hydrogens (tertiary/aromatic N) is 1. The molecule has 0 aliphatic heterocycles. The molecular formula is C21H18ClF2NO4. The number of fused-ring (bicyclic) bond motifs is 1. The van der Waals surface area contributed by atoms with Gasteiger partial charge < -0.3 is 9.84 Å². The number of benzene rings is 2. The smallest absolute Gasteiger partial charge is 0.310 e. The number of carbonyl (C=O) groups is 2. The summed E-state index contributed by atoms with van der Waals surface area (Å²) >= 11 is 5.68. The third-order valence-corrected chi connectivity index (χ3v) is 4.87. The van der Waals surface area contributed by atoms with Gasteiger partial charge in [0.2, 0.25) is 0 Å². The molecule has 0 aliphatic rings. The number of carbonyl (C=O) groups excluding carboxylic acids is 2. The third kappa shape index (κ3) is 3.96. The molecule has 5 nitrogen and oxygen atoms in total. The van der Waals surface area contributed by atoms with Gasteiger partial charge in [-0.25, -0.2) is 8.78 Å². The van der Waals surface area contributed by atoms with E-state index < -0.39 is 29.3 Å². The Morgan fingerprint density at radius 1 is 1.17 bits per heavy atom. The maximum atomic E-state index is 14.0. The van der Waals surface area contributed by atoms with Gasteiger partial charge >= 0.3 is 5.97 Å². The number of hydrogen-bond donors (Lipinski definition) is 1. The first-order chi connectivity index (χ1) is 13.7. The van der Waals surface area contributed by atoms with E-state index in [1.807, 2.05) is 6.92 Å². The van der Waals surface area contributed by atoms with Gasteiger partial charge in [-0.05, 0) is 43.2 Å². The summed E-state index contributed by atoms with van der Waals surface area (Å²) < 4.78 is 34.2. The quantitative estimate of drug-likeness (QED) is 0.602. The molecule has 29 heavy (non-hydrogen) atoms. The van der Waals surface area contributed by atoms with E-state index in [9.17, 15) is 23.5 Å². The number of halogens is 3. The van der Waals surface area contributed by atoms with Crippen molar-refractivity contribution in [3.63, 3.8) is 0 Å². The summed E-state index contributed by atoms with van der Waals surface area (Å²) in [6.45, 7) is 3.69. The molecule has 1 N–H and O–H groups in total. The predicted octanol–water partition coefficient (Wildman–Crippen LogP) is 4.77. The predicted molar refractivity (Wildman–Crippen MR) is 104 cm³/mol. The van der Waals surface area contributed by atoms with Gasteiger partial charge in [0.1, 0.15) is 5.82 Å². The molecule has 3 rings (SSSR count). The van der Waals surface area contributed by atoms with E-state index in [-0.39, 0.29) is 29.1 Å². The lowest BCUT2D eigenvalue weighted by molar-refractivity contribution is -0.142. The van der Waals surface area contributed by atoms with Crippen LogP contribution in [0.3, 0.4) is 0 Å². The van der Waals surface area contributed by atoms with Crippen LogP contribution in [-0.2, 0) is 16.0 Å². The number of hydrogen-bond acceptors (Lipinski definition) is 4. The average Bonchev–Trinajstić information content (AvgIpc) is 2.93. The van der Waals surface area contributed by atoms with Crippen molar-refractivity contribution in [2.45, 2.75) is 26.7 Å². The van der Waals surface area contributed by atoms with Crippen LogP contribution >= 0.6 is 11.6 Å². The molecule has 2 aromatic carbocycles. The molecule has 8 heteroatoms. The number of esters is 1. The van der Waals surface area contributed by atoms with Crippen molar-refractivity contribution in [2.24, 2.45) is 0 Å². The standard InChI is InChI=1S/C21H18ClF2NO4/c1-3-6-29-20(27)9-13-11(2)25(18-10-17(24)19(26)8-14(13)18)21(28)12-4-5-15(22)16(23)7-12/h4-5,7-8,10,26H,3,6,9H2,1-2H3. The number of phenolic OH excluding ortho intramolecular Hbond substituents is 1. The van der Waals surface area contributed by atoms with Gasteiger partial charge in [-0.3, -0.25) is 14.2 Å². The monoisotopic (exact) mass is 421 g/mol. The first-order valence-electron chi connectivity index (χ1n) is 8.92. The zero-order valence-electron chi connectivity index (χ0n) is 15.8. The first kappa shape index (κ1) is 20.8. The average molecular weight is 422 g/mol. The van der Waals surface area contributed by atoms with E-state index in [4.69, 9.17) is 16.3 Å². The maximum Gasteiger partial charge on any atom is 0.310 e. The molecule has 1 heterocycles. The molecule has 1 aromatic heterocycles. The largest absolute Gasteiger partial charge is 0.505 e. The molecule has 0 radical (unpaired) electrons. The Kier molecular flexibility index (Phi) is 5.88. The summed E-state index contributed by atoms with van der Waals surface area (Å²) in [5.41, 5.74) is 0.926. The molecule has 3 aromatic rings. The van der Waals surface area contributed by atoms with Crippen LogP contribution in [0.4, 0.5) is 8.78 Å². The van der Waals surface area contributed by atoms with Crippen molar-refractivity contribution >= 4 is 34.4 Å². The molecule has 0 atom stereocenters. The topological polar surface area (TPSA) is 68.5 Å². The Bertz CT molecular complexity index is 1120. The molecule has 0 saturated carbocycles. The zero-order valence-corrected chi connectivity index (χ0v) is 16.5. The van der Waals surface area contributed by atoms with E-state index in [0.717, 1.165) is 18.2 Å². The maximum absolute atomic E-state index is 14.0. The van der Waals surface area contributed by atoms with Crippen LogP contribution in [0.15, 0.2) is 30.3 Å². The molecule has 0 unspecified atom stereocenters. The normalized spacial score (nSPS) is 11.1. The fourth-order valence-corrected chi connectivity index (χ4v) is 3.26. The first-order valence-corrected chi connectivity index (χ1v) is 9.30. The second-order valence-electron chi connectivity index (χ2n) is 6.55. The Morgan fingerprint density at radius 2 is 1.90 bits per heavy atom. The van der Waals surface area contributed by atoms with Crippen LogP contribution in [0.25, 0.3) is 10.9 Å². The summed E-state index contributed by atoms with van der Waals surface area (Å²) in [7, 11) is 0. The van der Waals surface area contributed by atoms with Crippen molar-refractivity contribution < 1.29 is 28.2 Å². The highest BCUT2D eigenvalue weighted by molar-refractivity contribution is 6.30. The lowest BCUT2D eigenvalue weighted by Crippen LogP contribution is -2.15. The summed E-state index contributed by atoms with van der Waals surface area (Å²) in [5.74, 6) is -3.43. The van der Waals surface area contributed by atoms with Gasteiger partial charge in [0.05, 0.1) is 23.6 Å². The van der Waals surface area contributed by atoms with Crippen LogP contribution in [0.2, 0.25) is 5.02 Å². The van der Waals surface area contributed by atoms with Crippen LogP contribution in [-0.4, -0.2) is 28.2 Å². The van der Waals surface area contributed by atoms with Gasteiger partial charge in [-0.15, -0.1) is 0 Å². The molecule has 0 amide bonds. The fourth-order valence-electron chi connectivity index (χ4n) is 3.14. The van der Waals surface area contributed by atoms with Crippen molar-refractivity contribution in [2.75, 3.05) is 6.61 Å². The number of rotatable bonds is 5. The highest BCUT2D eigenvalue weighted by Crippen LogP contribution is 2.32. The van der Waals surface area contributed by atoms with E-state index in [0.29, 0.717) is 23.1 Å². The van der Waals surface area contributed by atoms with Gasteiger partial charge in [-0.1, -0.05) is 18.5 Å². The molecule has 0 saturated heterocycles. The van der Waals surface area contributed by atoms with Gasteiger partial charge in [-0.2, -0.15) is 0 Å². The zero-order chi connectivity index (χ0) is 21.3. The van der Waals surface area contributed by atoms with E-state index in [2.05, 4.69) is 0 Å². The number of aromatic hydroxyl groups is 1. The Morgan fingerprint density at radius 3 is 2.55 bits per heavy atom. The van der Waals surface area contributed by atoms with Crippen molar-refractivity contribution in [3.05, 3.63) is 63.8 Å². The minimum Gasteiger partial charge on any atom is -0.505 e. The molecule has 0 aliphatic carbocycles. The van der Waals surface area contributed by atoms with Crippen LogP contribution in [0.5, 0.6) is 5.75 Å². The number of aromatic nitrogens is 1. The Hall–Kier alpha value is -2.93. The summed E-state index contributed by atoms with van der Waals surface area (Å²) in [6.07, 6.45) is 0.488.